The third-order valence-electron chi connectivity index (χ3n) is 3.41. The lowest BCUT2D eigenvalue weighted by Gasteiger charge is -2.32. The predicted molar refractivity (Wildman–Crippen MR) is 77.8 cm³/mol. The molecule has 0 aliphatic carbocycles. The number of hydrogen-bond acceptors (Lipinski definition) is 5. The molecule has 0 aromatic carbocycles. The van der Waals surface area contributed by atoms with E-state index in [1.807, 2.05) is 28.6 Å². The first kappa shape index (κ1) is 16.9. The monoisotopic (exact) mass is 334 g/mol. The summed E-state index contributed by atoms with van der Waals surface area (Å²) in [5.41, 5.74) is 0. The standard InChI is InChI=1S/C13H17F3N4OS/c1-22-11-5-4-10(18-19-11)20-6-2-3-9(7-20)12(21)17-8-13(14,15)16/h4-5,9H,2-3,6-8H2,1H3,(H,17,21). The van der Waals surface area contributed by atoms with Gasteiger partial charge in [-0.25, -0.2) is 0 Å². The smallest absolute Gasteiger partial charge is 0.354 e. The second kappa shape index (κ2) is 7.17. The van der Waals surface area contributed by atoms with Crippen molar-refractivity contribution in [2.75, 3.05) is 30.8 Å². The van der Waals surface area contributed by atoms with Crippen LogP contribution < -0.4 is 10.2 Å². The van der Waals surface area contributed by atoms with Crippen LogP contribution in [0.3, 0.4) is 0 Å². The molecule has 1 N–H and O–H groups in total. The van der Waals surface area contributed by atoms with Crippen LogP contribution in [-0.2, 0) is 4.79 Å². The topological polar surface area (TPSA) is 58.1 Å². The lowest BCUT2D eigenvalue weighted by Crippen LogP contribution is -2.45. The van der Waals surface area contributed by atoms with Crippen LogP contribution in [0.15, 0.2) is 17.2 Å². The molecule has 1 fully saturated rings. The number of carbonyl (C=O) groups excluding carboxylic acids is 1. The van der Waals surface area contributed by atoms with Gasteiger partial charge in [-0.1, -0.05) is 0 Å². The van der Waals surface area contributed by atoms with E-state index in [4.69, 9.17) is 0 Å². The van der Waals surface area contributed by atoms with Gasteiger partial charge in [0.15, 0.2) is 5.82 Å². The summed E-state index contributed by atoms with van der Waals surface area (Å²) in [6, 6.07) is 3.65. The minimum absolute atomic E-state index is 0.358. The van der Waals surface area contributed by atoms with Crippen LogP contribution in [0, 0.1) is 5.92 Å². The quantitative estimate of drug-likeness (QED) is 0.855. The van der Waals surface area contributed by atoms with Crippen molar-refractivity contribution < 1.29 is 18.0 Å². The number of thioether (sulfide) groups is 1. The summed E-state index contributed by atoms with van der Waals surface area (Å²) < 4.78 is 36.5. The average Bonchev–Trinajstić information content (AvgIpc) is 2.52. The van der Waals surface area contributed by atoms with E-state index in [2.05, 4.69) is 10.2 Å². The highest BCUT2D eigenvalue weighted by atomic mass is 32.2. The van der Waals surface area contributed by atoms with Gasteiger partial charge < -0.3 is 10.2 Å². The van der Waals surface area contributed by atoms with Crippen molar-refractivity contribution in [1.29, 1.82) is 0 Å². The highest BCUT2D eigenvalue weighted by Gasteiger charge is 2.31. The van der Waals surface area contributed by atoms with Gasteiger partial charge in [0.05, 0.1) is 5.92 Å². The van der Waals surface area contributed by atoms with Crippen LogP contribution in [0.2, 0.25) is 0 Å². The van der Waals surface area contributed by atoms with Gasteiger partial charge in [-0.15, -0.1) is 22.0 Å². The first-order valence-electron chi connectivity index (χ1n) is 6.86. The number of aromatic nitrogens is 2. The van der Waals surface area contributed by atoms with Crippen molar-refractivity contribution in [2.45, 2.75) is 24.0 Å². The molecule has 9 heteroatoms. The minimum Gasteiger partial charge on any atom is -0.354 e. The summed E-state index contributed by atoms with van der Waals surface area (Å²) in [5, 5.41) is 10.9. The molecular weight excluding hydrogens is 317 g/mol. The van der Waals surface area contributed by atoms with E-state index >= 15 is 0 Å². The molecule has 0 radical (unpaired) electrons. The van der Waals surface area contributed by atoms with E-state index in [9.17, 15) is 18.0 Å². The first-order chi connectivity index (χ1) is 10.4. The number of rotatable bonds is 4. The maximum Gasteiger partial charge on any atom is 0.405 e. The second-order valence-corrected chi connectivity index (χ2v) is 5.88. The van der Waals surface area contributed by atoms with Gasteiger partial charge in [0, 0.05) is 13.1 Å². The van der Waals surface area contributed by atoms with Crippen LogP contribution in [0.25, 0.3) is 0 Å². The number of nitrogens with zero attached hydrogens (tertiary/aromatic N) is 3. The Morgan fingerprint density at radius 3 is 2.82 bits per heavy atom. The number of carbonyl (C=O) groups is 1. The molecule has 1 aliphatic rings. The zero-order valence-corrected chi connectivity index (χ0v) is 12.9. The fourth-order valence-corrected chi connectivity index (χ4v) is 2.65. The number of nitrogens with one attached hydrogen (secondary N) is 1. The van der Waals surface area contributed by atoms with Crippen molar-refractivity contribution >= 4 is 23.5 Å². The largest absolute Gasteiger partial charge is 0.405 e. The number of halogens is 3. The van der Waals surface area contributed by atoms with Gasteiger partial charge in [0.25, 0.3) is 0 Å². The number of alkyl halides is 3. The van der Waals surface area contributed by atoms with Crippen LogP contribution in [-0.4, -0.2) is 48.2 Å². The molecular formula is C13H17F3N4OS. The fourth-order valence-electron chi connectivity index (χ4n) is 2.32. The van der Waals surface area contributed by atoms with Crippen LogP contribution in [0.1, 0.15) is 12.8 Å². The van der Waals surface area contributed by atoms with Crippen LogP contribution in [0.4, 0.5) is 19.0 Å². The predicted octanol–water partition coefficient (Wildman–Crippen LogP) is 2.09. The maximum absolute atomic E-state index is 12.2. The average molecular weight is 334 g/mol. The highest BCUT2D eigenvalue weighted by molar-refractivity contribution is 7.98. The van der Waals surface area contributed by atoms with Crippen molar-refractivity contribution in [2.24, 2.45) is 5.92 Å². The Balaban J connectivity index is 1.94. The van der Waals surface area contributed by atoms with E-state index in [1.165, 1.54) is 11.8 Å². The highest BCUT2D eigenvalue weighted by Crippen LogP contribution is 2.23. The Morgan fingerprint density at radius 2 is 2.23 bits per heavy atom. The summed E-state index contributed by atoms with van der Waals surface area (Å²) in [5.74, 6) is -0.375. The van der Waals surface area contributed by atoms with E-state index in [1.54, 1.807) is 0 Å². The molecule has 1 unspecified atom stereocenters. The van der Waals surface area contributed by atoms with Gasteiger partial charge in [-0.2, -0.15) is 13.2 Å². The Kier molecular flexibility index (Phi) is 5.49. The van der Waals surface area contributed by atoms with Gasteiger partial charge in [0.2, 0.25) is 5.91 Å². The van der Waals surface area contributed by atoms with Crippen molar-refractivity contribution in [3.05, 3.63) is 12.1 Å². The van der Waals surface area contributed by atoms with E-state index in [-0.39, 0.29) is 0 Å². The molecule has 122 valence electrons. The molecule has 2 rings (SSSR count). The molecule has 1 atom stereocenters. The number of hydrogen-bond donors (Lipinski definition) is 1. The molecule has 1 amide bonds. The van der Waals surface area contributed by atoms with E-state index in [0.29, 0.717) is 18.8 Å². The summed E-state index contributed by atoms with van der Waals surface area (Å²) >= 11 is 1.48. The lowest BCUT2D eigenvalue weighted by atomic mass is 9.97. The van der Waals surface area contributed by atoms with Crippen LogP contribution in [0.5, 0.6) is 0 Å². The number of amides is 1. The summed E-state index contributed by atoms with van der Waals surface area (Å²) in [6.07, 6.45) is -1.18. The molecule has 1 aromatic rings. The van der Waals surface area contributed by atoms with Crippen molar-refractivity contribution in [3.63, 3.8) is 0 Å². The molecule has 5 nitrogen and oxygen atoms in total. The lowest BCUT2D eigenvalue weighted by molar-refractivity contribution is -0.140. The third kappa shape index (κ3) is 4.75. The second-order valence-electron chi connectivity index (χ2n) is 5.05. The molecule has 0 bridgehead atoms. The van der Waals surface area contributed by atoms with Crippen molar-refractivity contribution in [3.8, 4) is 0 Å². The van der Waals surface area contributed by atoms with E-state index < -0.39 is 24.5 Å². The minimum atomic E-state index is -4.39. The Morgan fingerprint density at radius 1 is 1.45 bits per heavy atom. The zero-order chi connectivity index (χ0) is 16.2. The number of anilines is 1. The molecule has 0 saturated carbocycles. The van der Waals surface area contributed by atoms with Crippen molar-refractivity contribution in [1.82, 2.24) is 15.5 Å². The maximum atomic E-state index is 12.2. The van der Waals surface area contributed by atoms with Gasteiger partial charge >= 0.3 is 6.18 Å². The van der Waals surface area contributed by atoms with Gasteiger partial charge in [-0.3, -0.25) is 4.79 Å². The normalized spacial score (nSPS) is 19.1. The zero-order valence-electron chi connectivity index (χ0n) is 12.1. The molecule has 22 heavy (non-hydrogen) atoms. The third-order valence-corrected chi connectivity index (χ3v) is 4.05. The van der Waals surface area contributed by atoms with Gasteiger partial charge in [-0.05, 0) is 31.2 Å². The molecule has 1 saturated heterocycles. The molecule has 1 aromatic heterocycles. The number of piperidine rings is 1. The Bertz CT molecular complexity index is 509. The summed E-state index contributed by atoms with van der Waals surface area (Å²) in [7, 11) is 0. The first-order valence-corrected chi connectivity index (χ1v) is 8.08. The molecule has 2 heterocycles. The Hall–Kier alpha value is -1.51. The van der Waals surface area contributed by atoms with Crippen LogP contribution >= 0.6 is 11.8 Å². The fraction of sp³-hybridized carbons (Fsp3) is 0.615. The Labute approximate surface area is 130 Å². The summed E-state index contributed by atoms with van der Waals surface area (Å²) in [6.45, 7) is -0.210. The van der Waals surface area contributed by atoms with Gasteiger partial charge in [0.1, 0.15) is 11.6 Å². The molecule has 0 spiro atoms. The SMILES string of the molecule is CSc1ccc(N2CCCC(C(=O)NCC(F)(F)F)C2)nn1. The molecule has 1 aliphatic heterocycles. The van der Waals surface area contributed by atoms with E-state index in [0.717, 1.165) is 18.0 Å². The summed E-state index contributed by atoms with van der Waals surface area (Å²) in [4.78, 5) is 13.7.